The summed E-state index contributed by atoms with van der Waals surface area (Å²) in [6.45, 7) is 5.08. The number of nitrogens with one attached hydrogen (secondary N) is 2. The molecule has 11 heteroatoms. The molecule has 0 atom stereocenters. The van der Waals surface area contributed by atoms with Gasteiger partial charge in [0.15, 0.2) is 0 Å². The van der Waals surface area contributed by atoms with Crippen molar-refractivity contribution >= 4 is 43.0 Å². The summed E-state index contributed by atoms with van der Waals surface area (Å²) in [6.07, 6.45) is 0. The van der Waals surface area contributed by atoms with Crippen molar-refractivity contribution in [2.75, 3.05) is 28.0 Å². The number of anilines is 3. The summed E-state index contributed by atoms with van der Waals surface area (Å²) in [5.74, 6) is 0.00242. The minimum atomic E-state index is -4.08. The molecule has 0 heterocycles. The van der Waals surface area contributed by atoms with Gasteiger partial charge in [-0.25, -0.2) is 16.8 Å². The molecule has 0 saturated heterocycles. The van der Waals surface area contributed by atoms with Crippen LogP contribution in [0.15, 0.2) is 101 Å². The number of benzene rings is 4. The largest absolute Gasteiger partial charge is 0.497 e. The first-order chi connectivity index (χ1) is 19.4. The van der Waals surface area contributed by atoms with Gasteiger partial charge in [0, 0.05) is 11.4 Å². The van der Waals surface area contributed by atoms with Crippen molar-refractivity contribution in [1.82, 2.24) is 0 Å². The first-order valence-corrected chi connectivity index (χ1v) is 15.5. The van der Waals surface area contributed by atoms with E-state index in [0.29, 0.717) is 22.8 Å². The maximum Gasteiger partial charge on any atom is 0.264 e. The minimum Gasteiger partial charge on any atom is -0.497 e. The molecule has 0 spiro atoms. The fourth-order valence-electron chi connectivity index (χ4n) is 4.17. The van der Waals surface area contributed by atoms with E-state index in [2.05, 4.69) is 10.0 Å². The Kier molecular flexibility index (Phi) is 8.69. The summed E-state index contributed by atoms with van der Waals surface area (Å²) >= 11 is 0. The van der Waals surface area contributed by atoms with E-state index in [1.807, 2.05) is 26.8 Å². The van der Waals surface area contributed by atoms with Crippen molar-refractivity contribution in [3.8, 4) is 5.75 Å². The van der Waals surface area contributed by atoms with Gasteiger partial charge in [0.05, 0.1) is 22.6 Å². The standard InChI is InChI=1S/C30H31N3O6S2/c1-21-5-13-29(14-6-21)41(37,38)33(26-18-22(2)17-23(3)19-26)20-30(34)31-24-9-15-28(16-10-24)40(35,36)32-25-7-11-27(39-4)12-8-25/h5-19,32H,20H2,1-4H3,(H,31,34). The summed E-state index contributed by atoms with van der Waals surface area (Å²) in [5, 5.41) is 2.67. The van der Waals surface area contributed by atoms with Gasteiger partial charge in [-0.2, -0.15) is 0 Å². The number of methoxy groups -OCH3 is 1. The highest BCUT2D eigenvalue weighted by molar-refractivity contribution is 7.93. The van der Waals surface area contributed by atoms with Crippen LogP contribution >= 0.6 is 0 Å². The van der Waals surface area contributed by atoms with Crippen molar-refractivity contribution in [3.63, 3.8) is 0 Å². The zero-order valence-corrected chi connectivity index (χ0v) is 24.7. The minimum absolute atomic E-state index is 0.00914. The maximum atomic E-state index is 13.7. The van der Waals surface area contributed by atoms with Crippen LogP contribution in [0.2, 0.25) is 0 Å². The van der Waals surface area contributed by atoms with Gasteiger partial charge >= 0.3 is 0 Å². The molecule has 1 amide bonds. The molecule has 2 N–H and O–H groups in total. The second-order valence-corrected chi connectivity index (χ2v) is 13.1. The van der Waals surface area contributed by atoms with Crippen LogP contribution < -0.4 is 19.1 Å². The molecule has 4 aromatic carbocycles. The first-order valence-electron chi connectivity index (χ1n) is 12.6. The Labute approximate surface area is 240 Å². The van der Waals surface area contributed by atoms with Crippen LogP contribution in [0.3, 0.4) is 0 Å². The SMILES string of the molecule is COc1ccc(NS(=O)(=O)c2ccc(NC(=O)CN(c3cc(C)cc(C)c3)S(=O)(=O)c3ccc(C)cc3)cc2)cc1. The lowest BCUT2D eigenvalue weighted by Crippen LogP contribution is -2.38. The normalized spacial score (nSPS) is 11.5. The van der Waals surface area contributed by atoms with Crippen LogP contribution in [-0.4, -0.2) is 36.4 Å². The maximum absolute atomic E-state index is 13.7. The summed E-state index contributed by atoms with van der Waals surface area (Å²) in [6, 6.07) is 23.8. The number of rotatable bonds is 10. The van der Waals surface area contributed by atoms with Crippen LogP contribution in [0.25, 0.3) is 0 Å². The van der Waals surface area contributed by atoms with Gasteiger partial charge in [0.25, 0.3) is 20.0 Å². The number of carbonyl (C=O) groups excluding carboxylic acids is 1. The van der Waals surface area contributed by atoms with Crippen LogP contribution in [0.1, 0.15) is 16.7 Å². The van der Waals surface area contributed by atoms with Crippen LogP contribution in [-0.2, 0) is 24.8 Å². The lowest BCUT2D eigenvalue weighted by Gasteiger charge is -2.25. The van der Waals surface area contributed by atoms with Gasteiger partial charge in [-0.15, -0.1) is 0 Å². The van der Waals surface area contributed by atoms with Crippen LogP contribution in [0.4, 0.5) is 17.1 Å². The number of nitrogens with zero attached hydrogens (tertiary/aromatic N) is 1. The Morgan fingerprint density at radius 2 is 1.24 bits per heavy atom. The predicted molar refractivity (Wildman–Crippen MR) is 161 cm³/mol. The highest BCUT2D eigenvalue weighted by atomic mass is 32.2. The number of aryl methyl sites for hydroxylation is 3. The molecule has 0 aromatic heterocycles. The lowest BCUT2D eigenvalue weighted by molar-refractivity contribution is -0.114. The molecular formula is C30H31N3O6S2. The van der Waals surface area contributed by atoms with Gasteiger partial charge in [0.2, 0.25) is 5.91 Å². The van der Waals surface area contributed by atoms with E-state index >= 15 is 0 Å². The molecule has 0 aliphatic carbocycles. The smallest absolute Gasteiger partial charge is 0.264 e. The number of ether oxygens (including phenoxy) is 1. The molecule has 0 aliphatic heterocycles. The second-order valence-electron chi connectivity index (χ2n) is 9.58. The summed E-state index contributed by atoms with van der Waals surface area (Å²) < 4.78 is 61.6. The van der Waals surface area contributed by atoms with Crippen molar-refractivity contribution < 1.29 is 26.4 Å². The molecular weight excluding hydrogens is 562 g/mol. The van der Waals surface area contributed by atoms with Gasteiger partial charge in [0.1, 0.15) is 12.3 Å². The third-order valence-corrected chi connectivity index (χ3v) is 9.37. The quantitative estimate of drug-likeness (QED) is 0.259. The zero-order valence-electron chi connectivity index (χ0n) is 23.1. The first kappa shape index (κ1) is 29.6. The Balaban J connectivity index is 1.53. The molecule has 41 heavy (non-hydrogen) atoms. The van der Waals surface area contributed by atoms with E-state index in [9.17, 15) is 21.6 Å². The number of sulfonamides is 2. The predicted octanol–water partition coefficient (Wildman–Crippen LogP) is 5.26. The second kappa shape index (κ2) is 12.0. The van der Waals surface area contributed by atoms with Gasteiger partial charge < -0.3 is 10.1 Å². The van der Waals surface area contributed by atoms with Crippen molar-refractivity contribution in [2.24, 2.45) is 0 Å². The summed E-state index contributed by atoms with van der Waals surface area (Å²) in [5.41, 5.74) is 3.65. The number of carbonyl (C=O) groups is 1. The Bertz CT molecular complexity index is 1730. The van der Waals surface area contributed by atoms with Gasteiger partial charge in [-0.3, -0.25) is 13.8 Å². The summed E-state index contributed by atoms with van der Waals surface area (Å²) in [4.78, 5) is 13.2. The highest BCUT2D eigenvalue weighted by Gasteiger charge is 2.28. The molecule has 0 fully saturated rings. The monoisotopic (exact) mass is 593 g/mol. The third kappa shape index (κ3) is 7.24. The van der Waals surface area contributed by atoms with E-state index in [0.717, 1.165) is 21.0 Å². The topological polar surface area (TPSA) is 122 Å². The highest BCUT2D eigenvalue weighted by Crippen LogP contribution is 2.27. The van der Waals surface area contributed by atoms with E-state index in [1.54, 1.807) is 48.5 Å². The molecule has 0 radical (unpaired) electrons. The van der Waals surface area contributed by atoms with Crippen molar-refractivity contribution in [2.45, 2.75) is 30.6 Å². The average Bonchev–Trinajstić information content (AvgIpc) is 2.92. The lowest BCUT2D eigenvalue weighted by atomic mass is 10.1. The van der Waals surface area contributed by atoms with E-state index in [4.69, 9.17) is 4.74 Å². The molecule has 4 aromatic rings. The molecule has 0 saturated carbocycles. The average molecular weight is 594 g/mol. The van der Waals surface area contributed by atoms with Crippen molar-refractivity contribution in [3.05, 3.63) is 108 Å². The molecule has 214 valence electrons. The molecule has 0 bridgehead atoms. The van der Waals surface area contributed by atoms with E-state index in [-0.39, 0.29) is 9.79 Å². The fraction of sp³-hybridized carbons (Fsp3) is 0.167. The number of amides is 1. The molecule has 0 unspecified atom stereocenters. The number of hydrogen-bond donors (Lipinski definition) is 2. The number of hydrogen-bond acceptors (Lipinski definition) is 6. The Hall–Kier alpha value is -4.35. The third-order valence-electron chi connectivity index (χ3n) is 6.18. The summed E-state index contributed by atoms with van der Waals surface area (Å²) in [7, 11) is -6.44. The molecule has 0 aliphatic rings. The van der Waals surface area contributed by atoms with E-state index in [1.165, 1.54) is 43.5 Å². The fourth-order valence-corrected chi connectivity index (χ4v) is 6.63. The van der Waals surface area contributed by atoms with E-state index < -0.39 is 32.5 Å². The van der Waals surface area contributed by atoms with Gasteiger partial charge in [-0.1, -0.05) is 23.8 Å². The van der Waals surface area contributed by atoms with Crippen molar-refractivity contribution in [1.29, 1.82) is 0 Å². The van der Waals surface area contributed by atoms with Crippen LogP contribution in [0, 0.1) is 20.8 Å². The molecule has 4 rings (SSSR count). The van der Waals surface area contributed by atoms with Crippen LogP contribution in [0.5, 0.6) is 5.75 Å². The van der Waals surface area contributed by atoms with Gasteiger partial charge in [-0.05, 0) is 105 Å². The molecule has 9 nitrogen and oxygen atoms in total. The Morgan fingerprint density at radius 3 is 1.80 bits per heavy atom. The Morgan fingerprint density at radius 1 is 0.707 bits per heavy atom. The zero-order chi connectivity index (χ0) is 29.8.